The summed E-state index contributed by atoms with van der Waals surface area (Å²) < 4.78 is 0. The minimum atomic E-state index is -0.480. The summed E-state index contributed by atoms with van der Waals surface area (Å²) in [5.41, 5.74) is 2.03. The van der Waals surface area contributed by atoms with Gasteiger partial charge in [-0.2, -0.15) is 0 Å². The average Bonchev–Trinajstić information content (AvgIpc) is 3.04. The Morgan fingerprint density at radius 3 is 2.85 bits per heavy atom. The first-order chi connectivity index (χ1) is 9.40. The van der Waals surface area contributed by atoms with E-state index in [-0.39, 0.29) is 11.3 Å². The van der Waals surface area contributed by atoms with E-state index in [1.807, 2.05) is 12.3 Å². The van der Waals surface area contributed by atoms with Gasteiger partial charge in [0.15, 0.2) is 0 Å². The molecule has 0 unspecified atom stereocenters. The molecule has 2 rings (SSSR count). The van der Waals surface area contributed by atoms with E-state index in [1.165, 1.54) is 0 Å². The third-order valence-electron chi connectivity index (χ3n) is 3.16. The standard InChI is InChI=1S/C14H21N3O2S/c1-5-9-6-10(19-17-9)13(18)15-7-12-16-11(8-20-12)14(2,3)4/h8,10H,5-7H2,1-4H3,(H,15,18)/t10-/m1/s1. The number of aromatic nitrogens is 1. The summed E-state index contributed by atoms with van der Waals surface area (Å²) in [5, 5.41) is 9.71. The number of amides is 1. The topological polar surface area (TPSA) is 63.6 Å². The molecule has 1 aromatic rings. The van der Waals surface area contributed by atoms with Gasteiger partial charge >= 0.3 is 0 Å². The fourth-order valence-corrected chi connectivity index (χ4v) is 2.75. The lowest BCUT2D eigenvalue weighted by Gasteiger charge is -2.14. The van der Waals surface area contributed by atoms with Gasteiger partial charge in [-0.1, -0.05) is 32.9 Å². The lowest BCUT2D eigenvalue weighted by Crippen LogP contribution is -2.34. The molecule has 20 heavy (non-hydrogen) atoms. The Labute approximate surface area is 123 Å². The highest BCUT2D eigenvalue weighted by molar-refractivity contribution is 7.09. The van der Waals surface area contributed by atoms with Gasteiger partial charge in [-0.3, -0.25) is 4.79 Å². The van der Waals surface area contributed by atoms with E-state index >= 15 is 0 Å². The number of hydrogen-bond acceptors (Lipinski definition) is 5. The van der Waals surface area contributed by atoms with Gasteiger partial charge in [0.25, 0.3) is 5.91 Å². The van der Waals surface area contributed by atoms with E-state index < -0.39 is 6.10 Å². The summed E-state index contributed by atoms with van der Waals surface area (Å²) in [7, 11) is 0. The summed E-state index contributed by atoms with van der Waals surface area (Å²) in [6.07, 6.45) is 0.936. The highest BCUT2D eigenvalue weighted by Crippen LogP contribution is 2.23. The molecule has 2 heterocycles. The van der Waals surface area contributed by atoms with Crippen LogP contribution in [0.15, 0.2) is 10.5 Å². The van der Waals surface area contributed by atoms with Crippen molar-refractivity contribution in [1.29, 1.82) is 0 Å². The largest absolute Gasteiger partial charge is 0.382 e. The van der Waals surface area contributed by atoms with Crippen molar-refractivity contribution in [2.45, 2.75) is 58.6 Å². The Morgan fingerprint density at radius 1 is 1.55 bits per heavy atom. The molecule has 0 saturated carbocycles. The molecular formula is C14H21N3O2S. The van der Waals surface area contributed by atoms with E-state index in [0.29, 0.717) is 13.0 Å². The molecule has 110 valence electrons. The first-order valence-corrected chi connectivity index (χ1v) is 7.72. The SMILES string of the molecule is CCC1=NO[C@@H](C(=O)NCc2nc(C(C)(C)C)cs2)C1. The molecule has 6 heteroatoms. The second-order valence-electron chi connectivity index (χ2n) is 5.90. The molecule has 0 aliphatic carbocycles. The van der Waals surface area contributed by atoms with E-state index in [2.05, 4.69) is 36.2 Å². The van der Waals surface area contributed by atoms with Gasteiger partial charge < -0.3 is 10.2 Å². The van der Waals surface area contributed by atoms with Crippen LogP contribution in [0.2, 0.25) is 0 Å². The summed E-state index contributed by atoms with van der Waals surface area (Å²) in [6.45, 7) is 8.83. The highest BCUT2D eigenvalue weighted by Gasteiger charge is 2.27. The molecule has 1 atom stereocenters. The number of nitrogens with one attached hydrogen (secondary N) is 1. The first-order valence-electron chi connectivity index (χ1n) is 6.84. The van der Waals surface area contributed by atoms with Crippen LogP contribution in [-0.2, 0) is 21.6 Å². The van der Waals surface area contributed by atoms with Crippen LogP contribution >= 0.6 is 11.3 Å². The zero-order chi connectivity index (χ0) is 14.8. The number of oxime groups is 1. The second-order valence-corrected chi connectivity index (χ2v) is 6.85. The molecule has 1 N–H and O–H groups in total. The van der Waals surface area contributed by atoms with Crippen molar-refractivity contribution >= 4 is 23.0 Å². The number of hydrogen-bond donors (Lipinski definition) is 1. The quantitative estimate of drug-likeness (QED) is 0.928. The Kier molecular flexibility index (Phi) is 4.42. The van der Waals surface area contributed by atoms with E-state index in [4.69, 9.17) is 4.84 Å². The lowest BCUT2D eigenvalue weighted by atomic mass is 9.93. The average molecular weight is 295 g/mol. The number of carbonyl (C=O) groups is 1. The first kappa shape index (κ1) is 15.0. The predicted molar refractivity (Wildman–Crippen MR) is 79.9 cm³/mol. The van der Waals surface area contributed by atoms with Crippen molar-refractivity contribution in [3.05, 3.63) is 16.1 Å². The molecule has 0 fully saturated rings. The van der Waals surface area contributed by atoms with Crippen LogP contribution in [0.5, 0.6) is 0 Å². The molecule has 0 spiro atoms. The third-order valence-corrected chi connectivity index (χ3v) is 4.01. The van der Waals surface area contributed by atoms with Crippen LogP contribution in [0.4, 0.5) is 0 Å². The van der Waals surface area contributed by atoms with Crippen molar-refractivity contribution in [3.8, 4) is 0 Å². The molecule has 1 aromatic heterocycles. The minimum absolute atomic E-state index is 0.0389. The minimum Gasteiger partial charge on any atom is -0.382 e. The summed E-state index contributed by atoms with van der Waals surface area (Å²) in [6, 6.07) is 0. The van der Waals surface area contributed by atoms with Crippen molar-refractivity contribution in [1.82, 2.24) is 10.3 Å². The third kappa shape index (κ3) is 3.56. The van der Waals surface area contributed by atoms with Gasteiger partial charge in [-0.15, -0.1) is 11.3 Å². The number of thiazole rings is 1. The molecule has 0 saturated heterocycles. The van der Waals surface area contributed by atoms with Crippen LogP contribution in [-0.4, -0.2) is 22.7 Å². The monoisotopic (exact) mass is 295 g/mol. The Bertz CT molecular complexity index is 517. The van der Waals surface area contributed by atoms with Gasteiger partial charge in [0.2, 0.25) is 6.10 Å². The maximum absolute atomic E-state index is 12.0. The van der Waals surface area contributed by atoms with Gasteiger partial charge in [0.05, 0.1) is 18.0 Å². The van der Waals surface area contributed by atoms with Crippen LogP contribution < -0.4 is 5.32 Å². The fourth-order valence-electron chi connectivity index (χ4n) is 1.79. The highest BCUT2D eigenvalue weighted by atomic mass is 32.1. The predicted octanol–water partition coefficient (Wildman–Crippen LogP) is 2.61. The van der Waals surface area contributed by atoms with E-state index in [0.717, 1.165) is 22.8 Å². The zero-order valence-electron chi connectivity index (χ0n) is 12.4. The summed E-state index contributed by atoms with van der Waals surface area (Å²) in [5.74, 6) is -0.121. The van der Waals surface area contributed by atoms with Crippen molar-refractivity contribution < 1.29 is 9.63 Å². The second kappa shape index (κ2) is 5.91. The molecule has 1 aliphatic rings. The van der Waals surface area contributed by atoms with Crippen molar-refractivity contribution in [2.24, 2.45) is 5.16 Å². The number of nitrogens with zero attached hydrogens (tertiary/aromatic N) is 2. The maximum atomic E-state index is 12.0. The van der Waals surface area contributed by atoms with Crippen LogP contribution in [0, 0.1) is 0 Å². The molecule has 0 radical (unpaired) electrons. The van der Waals surface area contributed by atoms with Gasteiger partial charge in [-0.25, -0.2) is 4.98 Å². The van der Waals surface area contributed by atoms with Crippen molar-refractivity contribution in [2.75, 3.05) is 0 Å². The normalized spacial score (nSPS) is 18.6. The molecule has 0 aromatic carbocycles. The Hall–Kier alpha value is -1.43. The maximum Gasteiger partial charge on any atom is 0.264 e. The smallest absolute Gasteiger partial charge is 0.264 e. The molecule has 5 nitrogen and oxygen atoms in total. The van der Waals surface area contributed by atoms with E-state index in [1.54, 1.807) is 11.3 Å². The fraction of sp³-hybridized carbons (Fsp3) is 0.643. The molecule has 1 amide bonds. The van der Waals surface area contributed by atoms with Gasteiger partial charge in [0.1, 0.15) is 5.01 Å². The molecule has 0 bridgehead atoms. The van der Waals surface area contributed by atoms with Crippen molar-refractivity contribution in [3.63, 3.8) is 0 Å². The number of rotatable bonds is 4. The van der Waals surface area contributed by atoms with Crippen LogP contribution in [0.25, 0.3) is 0 Å². The summed E-state index contributed by atoms with van der Waals surface area (Å²) >= 11 is 1.57. The van der Waals surface area contributed by atoms with Gasteiger partial charge in [-0.05, 0) is 6.42 Å². The summed E-state index contributed by atoms with van der Waals surface area (Å²) in [4.78, 5) is 21.6. The number of carbonyl (C=O) groups excluding carboxylic acids is 1. The molecular weight excluding hydrogens is 274 g/mol. The van der Waals surface area contributed by atoms with Gasteiger partial charge in [0, 0.05) is 17.2 Å². The zero-order valence-corrected chi connectivity index (χ0v) is 13.2. The van der Waals surface area contributed by atoms with Crippen LogP contribution in [0.3, 0.4) is 0 Å². The van der Waals surface area contributed by atoms with E-state index in [9.17, 15) is 4.79 Å². The Morgan fingerprint density at radius 2 is 2.30 bits per heavy atom. The molecule has 1 aliphatic heterocycles. The van der Waals surface area contributed by atoms with Crippen LogP contribution in [0.1, 0.15) is 51.2 Å². The Balaban J connectivity index is 1.84. The lowest BCUT2D eigenvalue weighted by molar-refractivity contribution is -0.131.